The van der Waals surface area contributed by atoms with E-state index < -0.39 is 0 Å². The Balaban J connectivity index is 1.51. The van der Waals surface area contributed by atoms with Gasteiger partial charge in [-0.05, 0) is 25.1 Å². The van der Waals surface area contributed by atoms with Gasteiger partial charge in [0, 0.05) is 17.8 Å². The van der Waals surface area contributed by atoms with Crippen LogP contribution in [0.25, 0.3) is 27.9 Å². The van der Waals surface area contributed by atoms with Crippen LogP contribution in [0, 0.1) is 0 Å². The molecular formula is C22H19N7O. The average Bonchev–Trinajstić information content (AvgIpc) is 3.23. The summed E-state index contributed by atoms with van der Waals surface area (Å²) in [6.45, 7) is 2.02. The Morgan fingerprint density at radius 1 is 1.00 bits per heavy atom. The number of hydrogen-bond acceptors (Lipinski definition) is 7. The molecule has 0 fully saturated rings. The summed E-state index contributed by atoms with van der Waals surface area (Å²) in [7, 11) is 1.61. The van der Waals surface area contributed by atoms with E-state index in [0.29, 0.717) is 17.2 Å². The van der Waals surface area contributed by atoms with Gasteiger partial charge in [-0.1, -0.05) is 30.3 Å². The zero-order chi connectivity index (χ0) is 20.5. The van der Waals surface area contributed by atoms with Crippen molar-refractivity contribution >= 4 is 22.4 Å². The number of nitrogens with zero attached hydrogens (tertiary/aromatic N) is 6. The van der Waals surface area contributed by atoms with Crippen LogP contribution in [0.3, 0.4) is 0 Å². The molecule has 1 atom stereocenters. The molecule has 30 heavy (non-hydrogen) atoms. The van der Waals surface area contributed by atoms with Crippen molar-refractivity contribution in [3.05, 3.63) is 72.8 Å². The maximum Gasteiger partial charge on any atom is 0.178 e. The molecule has 0 aliphatic heterocycles. The third-order valence-electron chi connectivity index (χ3n) is 4.90. The van der Waals surface area contributed by atoms with Gasteiger partial charge < -0.3 is 10.1 Å². The van der Waals surface area contributed by atoms with E-state index in [1.165, 1.54) is 0 Å². The molecule has 8 nitrogen and oxygen atoms in total. The Bertz CT molecular complexity index is 1330. The van der Waals surface area contributed by atoms with Crippen LogP contribution in [0.4, 0.5) is 5.69 Å². The summed E-state index contributed by atoms with van der Waals surface area (Å²) in [6.07, 6.45) is 3.42. The van der Waals surface area contributed by atoms with E-state index in [0.717, 1.165) is 28.0 Å². The number of hydrogen-bond donors (Lipinski definition) is 1. The molecule has 0 aliphatic carbocycles. The zero-order valence-electron chi connectivity index (χ0n) is 16.5. The summed E-state index contributed by atoms with van der Waals surface area (Å²) in [6, 6.07) is 17.5. The highest BCUT2D eigenvalue weighted by Gasteiger charge is 2.17. The summed E-state index contributed by atoms with van der Waals surface area (Å²) in [5.41, 5.74) is 4.96. The van der Waals surface area contributed by atoms with Crippen LogP contribution in [0.2, 0.25) is 0 Å². The lowest BCUT2D eigenvalue weighted by atomic mass is 10.1. The van der Waals surface area contributed by atoms with Crippen molar-refractivity contribution in [1.82, 2.24) is 29.8 Å². The minimum Gasteiger partial charge on any atom is -0.495 e. The minimum atomic E-state index is -0.159. The van der Waals surface area contributed by atoms with Crippen LogP contribution in [0.15, 0.2) is 67.0 Å². The second-order valence-electron chi connectivity index (χ2n) is 6.88. The molecule has 0 saturated carbocycles. The van der Waals surface area contributed by atoms with Gasteiger partial charge in [-0.2, -0.15) is 9.61 Å². The van der Waals surface area contributed by atoms with Gasteiger partial charge in [0.05, 0.1) is 36.2 Å². The van der Waals surface area contributed by atoms with Crippen molar-refractivity contribution in [3.8, 4) is 17.0 Å². The van der Waals surface area contributed by atoms with E-state index in [4.69, 9.17) is 9.84 Å². The first-order valence-electron chi connectivity index (χ1n) is 9.56. The Morgan fingerprint density at radius 2 is 1.87 bits per heavy atom. The van der Waals surface area contributed by atoms with E-state index in [-0.39, 0.29) is 6.04 Å². The lowest BCUT2D eigenvalue weighted by molar-refractivity contribution is 0.413. The molecule has 0 bridgehead atoms. The number of benzene rings is 1. The molecule has 0 amide bonds. The van der Waals surface area contributed by atoms with E-state index >= 15 is 0 Å². The number of fused-ring (bicyclic) bond motifs is 2. The SMILES string of the molecule is COc1cnc2c(N[C@H](C)c3nnc4ccc(-c5ccccc5)nn34)ccnc2c1. The van der Waals surface area contributed by atoms with Gasteiger partial charge in [0.1, 0.15) is 11.3 Å². The molecule has 0 unspecified atom stereocenters. The molecule has 0 aliphatic rings. The molecule has 4 heterocycles. The summed E-state index contributed by atoms with van der Waals surface area (Å²) in [5, 5.41) is 16.9. The summed E-state index contributed by atoms with van der Waals surface area (Å²) in [4.78, 5) is 8.88. The Labute approximate surface area is 172 Å². The maximum atomic E-state index is 5.25. The Morgan fingerprint density at radius 3 is 2.70 bits per heavy atom. The third kappa shape index (κ3) is 3.18. The molecule has 8 heteroatoms. The van der Waals surface area contributed by atoms with Crippen LogP contribution < -0.4 is 10.1 Å². The number of aromatic nitrogens is 6. The second kappa shape index (κ2) is 7.40. The molecule has 1 aromatic carbocycles. The quantitative estimate of drug-likeness (QED) is 0.481. The lowest BCUT2D eigenvalue weighted by Gasteiger charge is -2.15. The number of pyridine rings is 2. The minimum absolute atomic E-state index is 0.159. The van der Waals surface area contributed by atoms with Crippen LogP contribution in [0.5, 0.6) is 5.75 Å². The normalized spacial score (nSPS) is 12.2. The first-order valence-corrected chi connectivity index (χ1v) is 9.56. The zero-order valence-corrected chi connectivity index (χ0v) is 16.5. The lowest BCUT2D eigenvalue weighted by Crippen LogP contribution is -2.12. The standard InChI is InChI=1S/C22H19N7O/c1-14(25-18-10-11-23-19-12-16(30-2)13-24-21(18)19)22-27-26-20-9-8-17(28-29(20)22)15-6-4-3-5-7-15/h3-14H,1-2H3,(H,23,25)/t14-/m1/s1. The fourth-order valence-electron chi connectivity index (χ4n) is 3.38. The van der Waals surface area contributed by atoms with Crippen LogP contribution in [-0.4, -0.2) is 36.9 Å². The summed E-state index contributed by atoms with van der Waals surface area (Å²) >= 11 is 0. The van der Waals surface area contributed by atoms with Crippen molar-refractivity contribution in [2.75, 3.05) is 12.4 Å². The molecule has 4 aromatic heterocycles. The Kier molecular flexibility index (Phi) is 4.44. The number of ether oxygens (including phenoxy) is 1. The largest absolute Gasteiger partial charge is 0.495 e. The van der Waals surface area contributed by atoms with Crippen molar-refractivity contribution in [2.45, 2.75) is 13.0 Å². The fraction of sp³-hybridized carbons (Fsp3) is 0.136. The van der Waals surface area contributed by atoms with E-state index in [9.17, 15) is 0 Å². The van der Waals surface area contributed by atoms with E-state index in [1.807, 2.05) is 61.5 Å². The topological polar surface area (TPSA) is 90.1 Å². The molecule has 148 valence electrons. The summed E-state index contributed by atoms with van der Waals surface area (Å²) < 4.78 is 7.02. The highest BCUT2D eigenvalue weighted by molar-refractivity contribution is 5.87. The molecule has 0 saturated heterocycles. The fourth-order valence-corrected chi connectivity index (χ4v) is 3.38. The number of anilines is 1. The van der Waals surface area contributed by atoms with Gasteiger partial charge in [-0.3, -0.25) is 4.98 Å². The van der Waals surface area contributed by atoms with Gasteiger partial charge in [0.15, 0.2) is 11.5 Å². The second-order valence-corrected chi connectivity index (χ2v) is 6.88. The van der Waals surface area contributed by atoms with Gasteiger partial charge in [0.2, 0.25) is 0 Å². The highest BCUT2D eigenvalue weighted by atomic mass is 16.5. The van der Waals surface area contributed by atoms with Gasteiger partial charge in [-0.25, -0.2) is 4.98 Å². The molecule has 0 spiro atoms. The van der Waals surface area contributed by atoms with Crippen LogP contribution >= 0.6 is 0 Å². The van der Waals surface area contributed by atoms with Gasteiger partial charge >= 0.3 is 0 Å². The van der Waals surface area contributed by atoms with Crippen molar-refractivity contribution in [1.29, 1.82) is 0 Å². The van der Waals surface area contributed by atoms with E-state index in [1.54, 1.807) is 24.0 Å². The van der Waals surface area contributed by atoms with Gasteiger partial charge in [0.25, 0.3) is 0 Å². The first kappa shape index (κ1) is 18.0. The van der Waals surface area contributed by atoms with Crippen molar-refractivity contribution in [3.63, 3.8) is 0 Å². The van der Waals surface area contributed by atoms with Crippen LogP contribution in [-0.2, 0) is 0 Å². The van der Waals surface area contributed by atoms with Crippen LogP contribution in [0.1, 0.15) is 18.8 Å². The average molecular weight is 397 g/mol. The summed E-state index contributed by atoms with van der Waals surface area (Å²) in [5.74, 6) is 1.38. The first-order chi connectivity index (χ1) is 14.7. The number of methoxy groups -OCH3 is 1. The maximum absolute atomic E-state index is 5.25. The van der Waals surface area contributed by atoms with Crippen molar-refractivity contribution < 1.29 is 4.74 Å². The number of nitrogens with one attached hydrogen (secondary N) is 1. The highest BCUT2D eigenvalue weighted by Crippen LogP contribution is 2.26. The Hall–Kier alpha value is -4.07. The predicted molar refractivity (Wildman–Crippen MR) is 114 cm³/mol. The predicted octanol–water partition coefficient (Wildman–Crippen LogP) is 3.92. The monoisotopic (exact) mass is 397 g/mol. The third-order valence-corrected chi connectivity index (χ3v) is 4.90. The molecule has 1 N–H and O–H groups in total. The number of rotatable bonds is 5. The van der Waals surface area contributed by atoms with Gasteiger partial charge in [-0.15, -0.1) is 10.2 Å². The molecule has 0 radical (unpaired) electrons. The van der Waals surface area contributed by atoms with E-state index in [2.05, 4.69) is 25.5 Å². The molecular weight excluding hydrogens is 378 g/mol. The smallest absolute Gasteiger partial charge is 0.178 e. The molecule has 5 rings (SSSR count). The molecule has 5 aromatic rings. The van der Waals surface area contributed by atoms with Crippen molar-refractivity contribution in [2.24, 2.45) is 0 Å².